The summed E-state index contributed by atoms with van der Waals surface area (Å²) < 4.78 is 5.51. The Morgan fingerprint density at radius 1 is 1.52 bits per heavy atom. The van der Waals surface area contributed by atoms with Crippen molar-refractivity contribution in [3.8, 4) is 17.5 Å². The molecule has 0 radical (unpaired) electrons. The van der Waals surface area contributed by atoms with Gasteiger partial charge in [0.25, 0.3) is 0 Å². The highest BCUT2D eigenvalue weighted by molar-refractivity contribution is 5.90. The number of benzene rings is 1. The number of hydrogen-bond donors (Lipinski definition) is 1. The molecule has 118 valence electrons. The van der Waals surface area contributed by atoms with Crippen LogP contribution in [-0.4, -0.2) is 28.5 Å². The van der Waals surface area contributed by atoms with Gasteiger partial charge in [-0.15, -0.1) is 0 Å². The maximum Gasteiger partial charge on any atom is 0.322 e. The molecule has 1 aliphatic rings. The number of anilines is 1. The number of carbonyl (C=O) groups excluding carboxylic acids is 1. The minimum absolute atomic E-state index is 0.163. The van der Waals surface area contributed by atoms with E-state index in [-0.39, 0.29) is 12.1 Å². The number of nitriles is 1. The zero-order valence-electron chi connectivity index (χ0n) is 13.0. The summed E-state index contributed by atoms with van der Waals surface area (Å²) in [6.45, 7) is 2.30. The van der Waals surface area contributed by atoms with Crippen LogP contribution in [0, 0.1) is 18.3 Å². The predicted octanol–water partition coefficient (Wildman–Crippen LogP) is 3.56. The molecule has 0 aliphatic heterocycles. The quantitative estimate of drug-likeness (QED) is 0.915. The van der Waals surface area contributed by atoms with E-state index in [4.69, 9.17) is 9.68 Å². The van der Waals surface area contributed by atoms with Gasteiger partial charge in [-0.3, -0.25) is 0 Å². The summed E-state index contributed by atoms with van der Waals surface area (Å²) in [5.74, 6) is 1.27. The molecule has 1 fully saturated rings. The molecule has 1 heterocycles. The molecular weight excluding hydrogens is 292 g/mol. The first-order valence-corrected chi connectivity index (χ1v) is 7.65. The van der Waals surface area contributed by atoms with Crippen LogP contribution in [0.15, 0.2) is 34.9 Å². The molecule has 0 spiro atoms. The molecule has 1 aromatic carbocycles. The van der Waals surface area contributed by atoms with Gasteiger partial charge in [-0.2, -0.15) is 5.26 Å². The number of nitrogens with zero attached hydrogens (tertiary/aromatic N) is 3. The summed E-state index contributed by atoms with van der Waals surface area (Å²) >= 11 is 0. The van der Waals surface area contributed by atoms with Gasteiger partial charge in [-0.25, -0.2) is 9.78 Å². The van der Waals surface area contributed by atoms with Crippen LogP contribution < -0.4 is 5.32 Å². The van der Waals surface area contributed by atoms with E-state index in [1.807, 2.05) is 31.2 Å². The van der Waals surface area contributed by atoms with E-state index in [0.717, 1.165) is 24.2 Å². The summed E-state index contributed by atoms with van der Waals surface area (Å²) in [5, 5.41) is 11.6. The molecule has 2 aromatic rings. The fraction of sp³-hybridized carbons (Fsp3) is 0.353. The van der Waals surface area contributed by atoms with Gasteiger partial charge in [0.1, 0.15) is 5.76 Å². The first-order chi connectivity index (χ1) is 11.2. The smallest absolute Gasteiger partial charge is 0.322 e. The minimum atomic E-state index is -0.163. The largest absolute Gasteiger partial charge is 0.441 e. The Hall–Kier alpha value is -2.81. The van der Waals surface area contributed by atoms with Crippen LogP contribution in [0.2, 0.25) is 0 Å². The Morgan fingerprint density at radius 2 is 2.35 bits per heavy atom. The zero-order chi connectivity index (χ0) is 16.2. The van der Waals surface area contributed by atoms with Crippen molar-refractivity contribution in [1.29, 1.82) is 5.26 Å². The molecule has 0 unspecified atom stereocenters. The minimum Gasteiger partial charge on any atom is -0.441 e. The van der Waals surface area contributed by atoms with Gasteiger partial charge in [0.05, 0.1) is 18.7 Å². The Morgan fingerprint density at radius 3 is 3.00 bits per heavy atom. The Balaban J connectivity index is 1.72. The second kappa shape index (κ2) is 6.53. The molecule has 0 atom stereocenters. The number of nitrogens with one attached hydrogen (secondary N) is 1. The number of oxazole rings is 1. The predicted molar refractivity (Wildman–Crippen MR) is 85.7 cm³/mol. The second-order valence-corrected chi connectivity index (χ2v) is 5.62. The lowest BCUT2D eigenvalue weighted by atomic mass is 10.2. The van der Waals surface area contributed by atoms with Gasteiger partial charge in [-0.1, -0.05) is 6.07 Å². The fourth-order valence-corrected chi connectivity index (χ4v) is 2.42. The first kappa shape index (κ1) is 15.1. The van der Waals surface area contributed by atoms with Gasteiger partial charge >= 0.3 is 6.03 Å². The van der Waals surface area contributed by atoms with E-state index in [1.54, 1.807) is 11.1 Å². The third-order valence-electron chi connectivity index (χ3n) is 3.70. The second-order valence-electron chi connectivity index (χ2n) is 5.62. The summed E-state index contributed by atoms with van der Waals surface area (Å²) in [7, 11) is 0. The Kier molecular flexibility index (Phi) is 4.29. The van der Waals surface area contributed by atoms with Crippen molar-refractivity contribution >= 4 is 11.7 Å². The van der Waals surface area contributed by atoms with Crippen molar-refractivity contribution in [3.05, 3.63) is 36.2 Å². The molecule has 0 saturated heterocycles. The third kappa shape index (κ3) is 3.69. The molecule has 1 aromatic heterocycles. The zero-order valence-corrected chi connectivity index (χ0v) is 13.0. The molecule has 1 saturated carbocycles. The summed E-state index contributed by atoms with van der Waals surface area (Å²) in [5.41, 5.74) is 1.50. The van der Waals surface area contributed by atoms with Gasteiger partial charge in [0.2, 0.25) is 5.89 Å². The highest BCUT2D eigenvalue weighted by atomic mass is 16.4. The number of aryl methyl sites for hydroxylation is 1. The van der Waals surface area contributed by atoms with E-state index in [2.05, 4.69) is 16.4 Å². The Labute approximate surface area is 134 Å². The number of hydrogen-bond acceptors (Lipinski definition) is 4. The highest BCUT2D eigenvalue weighted by Gasteiger charge is 2.32. The topological polar surface area (TPSA) is 82.2 Å². The van der Waals surface area contributed by atoms with Crippen molar-refractivity contribution in [2.75, 3.05) is 11.9 Å². The maximum atomic E-state index is 12.4. The summed E-state index contributed by atoms with van der Waals surface area (Å²) in [6.07, 6.45) is 4.03. The lowest BCUT2D eigenvalue weighted by molar-refractivity contribution is 0.210. The highest BCUT2D eigenvalue weighted by Crippen LogP contribution is 2.28. The molecular formula is C17H18N4O2. The van der Waals surface area contributed by atoms with Crippen molar-refractivity contribution in [2.45, 2.75) is 32.2 Å². The molecule has 6 nitrogen and oxygen atoms in total. The van der Waals surface area contributed by atoms with Crippen LogP contribution in [0.1, 0.15) is 25.0 Å². The van der Waals surface area contributed by atoms with Crippen LogP contribution >= 0.6 is 0 Å². The van der Waals surface area contributed by atoms with E-state index in [9.17, 15) is 4.79 Å². The van der Waals surface area contributed by atoms with Gasteiger partial charge in [-0.05, 0) is 38.0 Å². The first-order valence-electron chi connectivity index (χ1n) is 7.65. The molecule has 6 heteroatoms. The molecule has 2 amide bonds. The molecule has 1 aliphatic carbocycles. The number of rotatable bonds is 5. The van der Waals surface area contributed by atoms with Crippen molar-refractivity contribution in [3.63, 3.8) is 0 Å². The lowest BCUT2D eigenvalue weighted by Crippen LogP contribution is -2.37. The average molecular weight is 310 g/mol. The van der Waals surface area contributed by atoms with Crippen LogP contribution in [0.4, 0.5) is 10.5 Å². The molecule has 0 bridgehead atoms. The van der Waals surface area contributed by atoms with Gasteiger partial charge in [0.15, 0.2) is 0 Å². The average Bonchev–Trinajstić information content (AvgIpc) is 3.28. The van der Waals surface area contributed by atoms with Crippen molar-refractivity contribution < 1.29 is 9.21 Å². The van der Waals surface area contributed by atoms with E-state index in [1.165, 1.54) is 0 Å². The van der Waals surface area contributed by atoms with Crippen LogP contribution in [0.25, 0.3) is 11.5 Å². The van der Waals surface area contributed by atoms with Crippen LogP contribution in [-0.2, 0) is 0 Å². The van der Waals surface area contributed by atoms with E-state index >= 15 is 0 Å². The van der Waals surface area contributed by atoms with Crippen LogP contribution in [0.5, 0.6) is 0 Å². The van der Waals surface area contributed by atoms with Crippen LogP contribution in [0.3, 0.4) is 0 Å². The standard InChI is InChI=1S/C17H18N4O2/c1-12-11-19-16(23-12)13-4-2-5-14(10-13)20-17(22)21(9-3-8-18)15-6-7-15/h2,4-5,10-11,15H,3,6-7,9H2,1H3,(H,20,22). The summed E-state index contributed by atoms with van der Waals surface area (Å²) in [4.78, 5) is 18.4. The summed E-state index contributed by atoms with van der Waals surface area (Å²) in [6, 6.07) is 9.58. The third-order valence-corrected chi connectivity index (χ3v) is 3.70. The molecule has 23 heavy (non-hydrogen) atoms. The van der Waals surface area contributed by atoms with Gasteiger partial charge in [0, 0.05) is 23.8 Å². The van der Waals surface area contributed by atoms with E-state index < -0.39 is 0 Å². The fourth-order valence-electron chi connectivity index (χ4n) is 2.42. The monoisotopic (exact) mass is 310 g/mol. The normalized spacial score (nSPS) is 13.4. The number of aromatic nitrogens is 1. The molecule has 3 rings (SSSR count). The van der Waals surface area contributed by atoms with E-state index in [0.29, 0.717) is 24.5 Å². The number of carbonyl (C=O) groups is 1. The molecule has 1 N–H and O–H groups in total. The SMILES string of the molecule is Cc1cnc(-c2cccc(NC(=O)N(CCC#N)C3CC3)c2)o1. The number of amides is 2. The maximum absolute atomic E-state index is 12.4. The van der Waals surface area contributed by atoms with Gasteiger partial charge < -0.3 is 14.6 Å². The number of urea groups is 1. The van der Waals surface area contributed by atoms with Crippen molar-refractivity contribution in [2.24, 2.45) is 0 Å². The lowest BCUT2D eigenvalue weighted by Gasteiger charge is -2.21. The van der Waals surface area contributed by atoms with Crippen molar-refractivity contribution in [1.82, 2.24) is 9.88 Å². The Bertz CT molecular complexity index is 743.